The molecule has 3 heterocycles. The van der Waals surface area contributed by atoms with Gasteiger partial charge in [-0.05, 0) is 29.8 Å². The van der Waals surface area contributed by atoms with Crippen LogP contribution >= 0.6 is 11.6 Å². The molecule has 2 aromatic carbocycles. The fraction of sp³-hybridized carbons (Fsp3) is 0.143. The highest BCUT2D eigenvalue weighted by molar-refractivity contribution is 6.33. The van der Waals surface area contributed by atoms with E-state index in [0.717, 1.165) is 22.3 Å². The third kappa shape index (κ3) is 3.09. The number of rotatable bonds is 4. The highest BCUT2D eigenvalue weighted by Crippen LogP contribution is 2.26. The molecule has 0 atom stereocenters. The number of fused-ring (bicyclic) bond motifs is 2. The maximum atomic E-state index is 6.44. The van der Waals surface area contributed by atoms with Gasteiger partial charge in [-0.2, -0.15) is 5.10 Å². The van der Waals surface area contributed by atoms with Crippen molar-refractivity contribution < 1.29 is 4.74 Å². The lowest BCUT2D eigenvalue weighted by molar-refractivity contribution is 0.414. The monoisotopic (exact) mass is 404 g/mol. The molecule has 0 amide bonds. The van der Waals surface area contributed by atoms with Crippen LogP contribution in [-0.4, -0.2) is 36.4 Å². The number of para-hydroxylation sites is 2. The second kappa shape index (κ2) is 6.86. The van der Waals surface area contributed by atoms with Crippen molar-refractivity contribution in [2.45, 2.75) is 6.54 Å². The van der Waals surface area contributed by atoms with E-state index in [9.17, 15) is 0 Å². The van der Waals surface area contributed by atoms with Gasteiger partial charge in [-0.15, -0.1) is 0 Å². The second-order valence-electron chi connectivity index (χ2n) is 6.73. The van der Waals surface area contributed by atoms with E-state index in [1.54, 1.807) is 7.11 Å². The Balaban J connectivity index is 1.54. The van der Waals surface area contributed by atoms with Gasteiger partial charge in [0.25, 0.3) is 0 Å². The number of ether oxygens (including phenoxy) is 1. The molecule has 8 heteroatoms. The third-order valence-electron chi connectivity index (χ3n) is 4.86. The van der Waals surface area contributed by atoms with E-state index in [1.807, 2.05) is 71.0 Å². The molecule has 0 N–H and O–H groups in total. The van der Waals surface area contributed by atoms with Crippen LogP contribution in [0.25, 0.3) is 33.7 Å². The van der Waals surface area contributed by atoms with Crippen molar-refractivity contribution in [1.82, 2.24) is 29.3 Å². The Morgan fingerprint density at radius 2 is 1.76 bits per heavy atom. The molecule has 5 aromatic rings. The summed E-state index contributed by atoms with van der Waals surface area (Å²) in [5.74, 6) is 1.96. The average molecular weight is 405 g/mol. The number of aromatic nitrogens is 6. The molecule has 0 spiro atoms. The van der Waals surface area contributed by atoms with Gasteiger partial charge >= 0.3 is 0 Å². The zero-order chi connectivity index (χ0) is 20.0. The standard InChI is InChI=1S/C21H17ClN6O/c1-27-17-6-4-3-5-15(17)24-21(27)20-23-16-12-28(26-18(16)19(22)25-20)11-13-7-9-14(29-2)10-8-13/h3-10,12H,11H2,1-2H3. The number of hydrogen-bond acceptors (Lipinski definition) is 5. The Morgan fingerprint density at radius 1 is 0.966 bits per heavy atom. The zero-order valence-electron chi connectivity index (χ0n) is 15.9. The van der Waals surface area contributed by atoms with Gasteiger partial charge in [0.15, 0.2) is 16.8 Å². The van der Waals surface area contributed by atoms with E-state index in [2.05, 4.69) is 20.1 Å². The molecule has 0 aliphatic heterocycles. The van der Waals surface area contributed by atoms with Crippen LogP contribution in [0.5, 0.6) is 5.75 Å². The van der Waals surface area contributed by atoms with Crippen molar-refractivity contribution in [1.29, 1.82) is 0 Å². The van der Waals surface area contributed by atoms with Crippen LogP contribution in [0, 0.1) is 0 Å². The quantitative estimate of drug-likeness (QED) is 0.422. The molecule has 5 rings (SSSR count). The van der Waals surface area contributed by atoms with Crippen molar-refractivity contribution in [3.05, 3.63) is 65.4 Å². The van der Waals surface area contributed by atoms with Crippen LogP contribution in [0.2, 0.25) is 5.15 Å². The highest BCUT2D eigenvalue weighted by Gasteiger charge is 2.16. The minimum absolute atomic E-state index is 0.311. The van der Waals surface area contributed by atoms with Crippen LogP contribution < -0.4 is 4.74 Å². The zero-order valence-corrected chi connectivity index (χ0v) is 16.6. The Hall–Kier alpha value is -3.45. The van der Waals surface area contributed by atoms with Crippen molar-refractivity contribution in [3.63, 3.8) is 0 Å². The van der Waals surface area contributed by atoms with Gasteiger partial charge in [-0.25, -0.2) is 15.0 Å². The first-order valence-corrected chi connectivity index (χ1v) is 9.45. The Morgan fingerprint density at radius 3 is 2.52 bits per heavy atom. The van der Waals surface area contributed by atoms with Crippen LogP contribution in [0.1, 0.15) is 5.56 Å². The summed E-state index contributed by atoms with van der Waals surface area (Å²) in [5.41, 5.74) is 4.25. The molecular weight excluding hydrogens is 388 g/mol. The van der Waals surface area contributed by atoms with E-state index in [-0.39, 0.29) is 0 Å². The minimum Gasteiger partial charge on any atom is -0.497 e. The maximum Gasteiger partial charge on any atom is 0.198 e. The SMILES string of the molecule is COc1ccc(Cn2cc3nc(-c4nc5ccccc5n4C)nc(Cl)c3n2)cc1. The van der Waals surface area contributed by atoms with Gasteiger partial charge in [-0.1, -0.05) is 35.9 Å². The molecule has 7 nitrogen and oxygen atoms in total. The highest BCUT2D eigenvalue weighted by atomic mass is 35.5. The van der Waals surface area contributed by atoms with Crippen molar-refractivity contribution >= 4 is 33.7 Å². The largest absolute Gasteiger partial charge is 0.497 e. The van der Waals surface area contributed by atoms with Crippen LogP contribution in [0.4, 0.5) is 0 Å². The molecule has 0 aliphatic carbocycles. The summed E-state index contributed by atoms with van der Waals surface area (Å²) in [4.78, 5) is 13.8. The molecule has 0 saturated heterocycles. The van der Waals surface area contributed by atoms with Gasteiger partial charge in [-0.3, -0.25) is 4.68 Å². The van der Waals surface area contributed by atoms with E-state index < -0.39 is 0 Å². The molecule has 3 aromatic heterocycles. The molecule has 0 aliphatic rings. The fourth-order valence-corrected chi connectivity index (χ4v) is 3.58. The molecule has 29 heavy (non-hydrogen) atoms. The summed E-state index contributed by atoms with van der Waals surface area (Å²) >= 11 is 6.44. The Kier molecular flexibility index (Phi) is 4.17. The van der Waals surface area contributed by atoms with Gasteiger partial charge in [0.05, 0.1) is 30.9 Å². The van der Waals surface area contributed by atoms with Crippen LogP contribution in [-0.2, 0) is 13.6 Å². The molecule has 0 radical (unpaired) electrons. The molecular formula is C21H17ClN6O. The minimum atomic E-state index is 0.311. The number of aryl methyl sites for hydroxylation is 1. The van der Waals surface area contributed by atoms with E-state index in [0.29, 0.717) is 34.4 Å². The number of halogens is 1. The maximum absolute atomic E-state index is 6.44. The second-order valence-corrected chi connectivity index (χ2v) is 7.09. The first-order chi connectivity index (χ1) is 14.1. The average Bonchev–Trinajstić information content (AvgIpc) is 3.30. The fourth-order valence-electron chi connectivity index (χ4n) is 3.37. The summed E-state index contributed by atoms with van der Waals surface area (Å²) in [6, 6.07) is 15.8. The van der Waals surface area contributed by atoms with Crippen LogP contribution in [0.15, 0.2) is 54.7 Å². The van der Waals surface area contributed by atoms with Crippen molar-refractivity contribution in [3.8, 4) is 17.4 Å². The number of benzene rings is 2. The molecule has 144 valence electrons. The molecule has 0 unspecified atom stereocenters. The van der Waals surface area contributed by atoms with Gasteiger partial charge < -0.3 is 9.30 Å². The number of hydrogen-bond donors (Lipinski definition) is 0. The topological polar surface area (TPSA) is 70.7 Å². The van der Waals surface area contributed by atoms with Crippen LogP contribution in [0.3, 0.4) is 0 Å². The predicted molar refractivity (Wildman–Crippen MR) is 112 cm³/mol. The number of imidazole rings is 1. The van der Waals surface area contributed by atoms with E-state index >= 15 is 0 Å². The van der Waals surface area contributed by atoms with Crippen molar-refractivity contribution in [2.75, 3.05) is 7.11 Å². The van der Waals surface area contributed by atoms with Gasteiger partial charge in [0.2, 0.25) is 0 Å². The number of nitrogens with zero attached hydrogens (tertiary/aromatic N) is 6. The third-order valence-corrected chi connectivity index (χ3v) is 5.12. The number of methoxy groups -OCH3 is 1. The summed E-state index contributed by atoms with van der Waals surface area (Å²) in [7, 11) is 3.59. The first-order valence-electron chi connectivity index (χ1n) is 9.08. The van der Waals surface area contributed by atoms with E-state index in [4.69, 9.17) is 16.3 Å². The normalized spacial score (nSPS) is 11.4. The Labute approximate surface area is 171 Å². The smallest absolute Gasteiger partial charge is 0.198 e. The summed E-state index contributed by atoms with van der Waals surface area (Å²) in [5, 5.41) is 4.86. The molecule has 0 saturated carbocycles. The predicted octanol–water partition coefficient (Wildman–Crippen LogP) is 4.09. The lowest BCUT2D eigenvalue weighted by Crippen LogP contribution is -2.00. The van der Waals surface area contributed by atoms with Crippen molar-refractivity contribution in [2.24, 2.45) is 7.05 Å². The first kappa shape index (κ1) is 17.6. The Bertz CT molecular complexity index is 1340. The lowest BCUT2D eigenvalue weighted by atomic mass is 10.2. The van der Waals surface area contributed by atoms with E-state index in [1.165, 1.54) is 0 Å². The lowest BCUT2D eigenvalue weighted by Gasteiger charge is -2.03. The molecule has 0 fully saturated rings. The van der Waals surface area contributed by atoms with Gasteiger partial charge in [0.1, 0.15) is 16.8 Å². The summed E-state index contributed by atoms with van der Waals surface area (Å²) in [6.45, 7) is 0.596. The summed E-state index contributed by atoms with van der Waals surface area (Å²) < 4.78 is 8.98. The van der Waals surface area contributed by atoms with Gasteiger partial charge in [0, 0.05) is 7.05 Å². The molecule has 0 bridgehead atoms. The summed E-state index contributed by atoms with van der Waals surface area (Å²) in [6.07, 6.45) is 1.87.